The Hall–Kier alpha value is -0.160. The minimum atomic E-state index is -0.160. The van der Waals surface area contributed by atoms with Gasteiger partial charge in [0.15, 0.2) is 0 Å². The molecule has 0 aliphatic carbocycles. The van der Waals surface area contributed by atoms with Crippen LogP contribution in [0.4, 0.5) is 0 Å². The van der Waals surface area contributed by atoms with Gasteiger partial charge in [0.1, 0.15) is 0 Å². The maximum Gasteiger partial charge on any atom is 0.0693 e. The maximum absolute atomic E-state index is 10.1. The number of β-amino-alcohol motifs (C(OH)–C–C–N with tert-alkyl or cyclic N) is 1. The predicted octanol–water partition coefficient (Wildman–Crippen LogP) is 1.34. The van der Waals surface area contributed by atoms with Crippen LogP contribution in [0.25, 0.3) is 0 Å². The minimum Gasteiger partial charge on any atom is -0.392 e. The Morgan fingerprint density at radius 3 is 2.85 bits per heavy atom. The van der Waals surface area contributed by atoms with Gasteiger partial charge >= 0.3 is 0 Å². The largest absolute Gasteiger partial charge is 0.392 e. The lowest BCUT2D eigenvalue weighted by atomic mass is 9.85. The highest BCUT2D eigenvalue weighted by Crippen LogP contribution is 2.31. The van der Waals surface area contributed by atoms with E-state index in [2.05, 4.69) is 31.0 Å². The van der Waals surface area contributed by atoms with E-state index in [9.17, 15) is 5.11 Å². The Labute approximate surface area is 123 Å². The number of aliphatic hydroxyl groups is 1. The van der Waals surface area contributed by atoms with E-state index < -0.39 is 0 Å². The fraction of sp³-hybridized carbons (Fsp3) is 1.00. The van der Waals surface area contributed by atoms with Crippen molar-refractivity contribution in [2.24, 2.45) is 17.3 Å². The molecule has 2 N–H and O–H groups in total. The molecule has 3 unspecified atom stereocenters. The van der Waals surface area contributed by atoms with Crippen molar-refractivity contribution in [2.45, 2.75) is 39.7 Å². The lowest BCUT2D eigenvalue weighted by molar-refractivity contribution is 0.00717. The summed E-state index contributed by atoms with van der Waals surface area (Å²) in [6, 6.07) is 0. The molecule has 0 aromatic carbocycles. The first-order valence-corrected chi connectivity index (χ1v) is 8.20. The first kappa shape index (κ1) is 16.2. The molecule has 4 heteroatoms. The van der Waals surface area contributed by atoms with E-state index in [4.69, 9.17) is 4.74 Å². The number of nitrogens with one attached hydrogen (secondary N) is 1. The summed E-state index contributed by atoms with van der Waals surface area (Å²) in [5.41, 5.74) is 0.245. The number of hydrogen-bond acceptors (Lipinski definition) is 4. The minimum absolute atomic E-state index is 0.160. The molecule has 0 saturated carbocycles. The van der Waals surface area contributed by atoms with Gasteiger partial charge in [-0.25, -0.2) is 0 Å². The van der Waals surface area contributed by atoms with E-state index in [-0.39, 0.29) is 11.5 Å². The molecule has 0 spiro atoms. The number of rotatable bonds is 6. The molecule has 2 saturated heterocycles. The number of ether oxygens (including phenoxy) is 1. The van der Waals surface area contributed by atoms with E-state index >= 15 is 0 Å². The number of piperidine rings is 1. The van der Waals surface area contributed by atoms with Crippen molar-refractivity contribution in [2.75, 3.05) is 45.9 Å². The number of hydrogen-bond donors (Lipinski definition) is 2. The molecule has 118 valence electrons. The van der Waals surface area contributed by atoms with Crippen LogP contribution in [0, 0.1) is 17.3 Å². The van der Waals surface area contributed by atoms with Gasteiger partial charge in [0.25, 0.3) is 0 Å². The molecule has 0 amide bonds. The third kappa shape index (κ3) is 4.42. The molecule has 2 heterocycles. The first-order chi connectivity index (χ1) is 9.51. The zero-order chi connectivity index (χ0) is 14.6. The summed E-state index contributed by atoms with van der Waals surface area (Å²) in [7, 11) is 0. The van der Waals surface area contributed by atoms with Crippen LogP contribution >= 0.6 is 0 Å². The van der Waals surface area contributed by atoms with Crippen molar-refractivity contribution >= 4 is 0 Å². The topological polar surface area (TPSA) is 44.7 Å². The van der Waals surface area contributed by atoms with Crippen LogP contribution in [0.5, 0.6) is 0 Å². The van der Waals surface area contributed by atoms with Gasteiger partial charge in [0, 0.05) is 31.7 Å². The van der Waals surface area contributed by atoms with Gasteiger partial charge in [0.2, 0.25) is 0 Å². The molecule has 2 fully saturated rings. The SMILES string of the molecule is CC(C)CNCC1(CN2CCC(C)C(O)C2)CCOC1. The Morgan fingerprint density at radius 2 is 2.25 bits per heavy atom. The standard InChI is InChI=1S/C16H32N2O2/c1-13(2)8-17-10-16(5-7-20-12-16)11-18-6-4-14(3)15(19)9-18/h13-15,17,19H,4-12H2,1-3H3. The summed E-state index contributed by atoms with van der Waals surface area (Å²) >= 11 is 0. The van der Waals surface area contributed by atoms with E-state index in [0.717, 1.165) is 58.8 Å². The normalized spacial score (nSPS) is 35.9. The van der Waals surface area contributed by atoms with Gasteiger partial charge in [0.05, 0.1) is 12.7 Å². The summed E-state index contributed by atoms with van der Waals surface area (Å²) in [4.78, 5) is 2.44. The highest BCUT2D eigenvalue weighted by Gasteiger charge is 2.38. The van der Waals surface area contributed by atoms with E-state index in [1.165, 1.54) is 0 Å². The summed E-state index contributed by atoms with van der Waals surface area (Å²) < 4.78 is 5.68. The summed E-state index contributed by atoms with van der Waals surface area (Å²) in [5, 5.41) is 13.7. The monoisotopic (exact) mass is 284 g/mol. The molecule has 2 rings (SSSR count). The fourth-order valence-electron chi connectivity index (χ4n) is 3.33. The van der Waals surface area contributed by atoms with Crippen molar-refractivity contribution < 1.29 is 9.84 Å². The average Bonchev–Trinajstić information content (AvgIpc) is 2.82. The molecule has 0 radical (unpaired) electrons. The Morgan fingerprint density at radius 1 is 1.45 bits per heavy atom. The molecule has 2 aliphatic rings. The summed E-state index contributed by atoms with van der Waals surface area (Å²) in [5.74, 6) is 1.13. The molecule has 3 atom stereocenters. The van der Waals surface area contributed by atoms with E-state index in [1.807, 2.05) is 0 Å². The first-order valence-electron chi connectivity index (χ1n) is 8.20. The van der Waals surface area contributed by atoms with Crippen LogP contribution in [0.15, 0.2) is 0 Å². The highest BCUT2D eigenvalue weighted by atomic mass is 16.5. The average molecular weight is 284 g/mol. The summed E-state index contributed by atoms with van der Waals surface area (Å²) in [6.45, 7) is 13.5. The molecule has 4 nitrogen and oxygen atoms in total. The zero-order valence-electron chi connectivity index (χ0n) is 13.4. The van der Waals surface area contributed by atoms with Crippen LogP contribution in [0.3, 0.4) is 0 Å². The second-order valence-corrected chi connectivity index (χ2v) is 7.40. The van der Waals surface area contributed by atoms with Crippen molar-refractivity contribution in [1.82, 2.24) is 10.2 Å². The van der Waals surface area contributed by atoms with Gasteiger partial charge in [-0.05, 0) is 37.8 Å². The fourth-order valence-corrected chi connectivity index (χ4v) is 3.33. The third-order valence-electron chi connectivity index (χ3n) is 4.80. The lowest BCUT2D eigenvalue weighted by Gasteiger charge is -2.40. The van der Waals surface area contributed by atoms with Crippen molar-refractivity contribution in [3.63, 3.8) is 0 Å². The maximum atomic E-state index is 10.1. The number of likely N-dealkylation sites (tertiary alicyclic amines) is 1. The molecule has 20 heavy (non-hydrogen) atoms. The van der Waals surface area contributed by atoms with Gasteiger partial charge in [-0.2, -0.15) is 0 Å². The number of aliphatic hydroxyl groups excluding tert-OH is 1. The number of nitrogens with zero attached hydrogens (tertiary/aromatic N) is 1. The highest BCUT2D eigenvalue weighted by molar-refractivity contribution is 4.90. The zero-order valence-corrected chi connectivity index (χ0v) is 13.4. The Bertz CT molecular complexity index is 290. The van der Waals surface area contributed by atoms with E-state index in [0.29, 0.717) is 11.8 Å². The Balaban J connectivity index is 1.85. The molecule has 2 aliphatic heterocycles. The van der Waals surface area contributed by atoms with Crippen LogP contribution in [0.2, 0.25) is 0 Å². The van der Waals surface area contributed by atoms with E-state index in [1.54, 1.807) is 0 Å². The predicted molar refractivity (Wildman–Crippen MR) is 81.8 cm³/mol. The van der Waals surface area contributed by atoms with Crippen molar-refractivity contribution in [1.29, 1.82) is 0 Å². The van der Waals surface area contributed by atoms with Crippen LogP contribution in [-0.2, 0) is 4.74 Å². The second kappa shape index (κ2) is 7.21. The van der Waals surface area contributed by atoms with Gasteiger partial charge in [-0.3, -0.25) is 0 Å². The molecule has 0 aromatic rings. The molecule has 0 aromatic heterocycles. The van der Waals surface area contributed by atoms with Crippen LogP contribution < -0.4 is 5.32 Å². The van der Waals surface area contributed by atoms with Gasteiger partial charge < -0.3 is 20.1 Å². The molecular weight excluding hydrogens is 252 g/mol. The van der Waals surface area contributed by atoms with Crippen molar-refractivity contribution in [3.05, 3.63) is 0 Å². The quantitative estimate of drug-likeness (QED) is 0.773. The van der Waals surface area contributed by atoms with Gasteiger partial charge in [-0.1, -0.05) is 20.8 Å². The molecule has 0 bridgehead atoms. The van der Waals surface area contributed by atoms with Gasteiger partial charge in [-0.15, -0.1) is 0 Å². The van der Waals surface area contributed by atoms with Crippen LogP contribution in [-0.4, -0.2) is 62.0 Å². The van der Waals surface area contributed by atoms with Crippen molar-refractivity contribution in [3.8, 4) is 0 Å². The Kier molecular flexibility index (Phi) is 5.84. The summed E-state index contributed by atoms with van der Waals surface area (Å²) in [6.07, 6.45) is 2.09. The second-order valence-electron chi connectivity index (χ2n) is 7.40. The lowest BCUT2D eigenvalue weighted by Crippen LogP contribution is -2.50. The smallest absolute Gasteiger partial charge is 0.0693 e. The third-order valence-corrected chi connectivity index (χ3v) is 4.80. The molecular formula is C16H32N2O2. The van der Waals surface area contributed by atoms with Crippen LogP contribution in [0.1, 0.15) is 33.6 Å².